The molecule has 0 bridgehead atoms. The zero-order chi connectivity index (χ0) is 20.0. The Balaban J connectivity index is 1.93. The van der Waals surface area contributed by atoms with Crippen LogP contribution in [0.3, 0.4) is 0 Å². The van der Waals surface area contributed by atoms with Crippen molar-refractivity contribution in [2.75, 3.05) is 11.3 Å². The quantitative estimate of drug-likeness (QED) is 0.569. The molecule has 7 heteroatoms. The molecule has 0 radical (unpaired) electrons. The maximum absolute atomic E-state index is 12.7. The number of nitrogens with zero attached hydrogens (tertiary/aromatic N) is 2. The highest BCUT2D eigenvalue weighted by atomic mass is 32.2. The van der Waals surface area contributed by atoms with Crippen molar-refractivity contribution >= 4 is 15.8 Å². The molecule has 1 N–H and O–H groups in total. The van der Waals surface area contributed by atoms with Crippen molar-refractivity contribution in [2.45, 2.75) is 31.6 Å². The van der Waals surface area contributed by atoms with Gasteiger partial charge in [0.15, 0.2) is 0 Å². The van der Waals surface area contributed by atoms with Crippen LogP contribution in [-0.4, -0.2) is 25.0 Å². The summed E-state index contributed by atoms with van der Waals surface area (Å²) in [7, 11) is -3.79. The predicted molar refractivity (Wildman–Crippen MR) is 110 cm³/mol. The third-order valence-corrected chi connectivity index (χ3v) is 5.46. The lowest BCUT2D eigenvalue weighted by molar-refractivity contribution is 0.299. The summed E-state index contributed by atoms with van der Waals surface area (Å²) >= 11 is 0. The van der Waals surface area contributed by atoms with Crippen LogP contribution in [0.5, 0.6) is 5.88 Å². The first-order valence-electron chi connectivity index (χ1n) is 9.14. The van der Waals surface area contributed by atoms with Crippen LogP contribution in [0.2, 0.25) is 0 Å². The molecule has 3 rings (SSSR count). The number of unbranched alkanes of at least 4 members (excludes halogenated alkanes) is 1. The van der Waals surface area contributed by atoms with Crippen molar-refractivity contribution < 1.29 is 13.2 Å². The Morgan fingerprint density at radius 2 is 1.75 bits per heavy atom. The van der Waals surface area contributed by atoms with Gasteiger partial charge in [-0.15, -0.1) is 0 Å². The maximum atomic E-state index is 12.7. The van der Waals surface area contributed by atoms with Crippen LogP contribution in [0.1, 0.15) is 25.3 Å². The van der Waals surface area contributed by atoms with Gasteiger partial charge in [-0.1, -0.05) is 61.4 Å². The molecule has 2 aromatic carbocycles. The Morgan fingerprint density at radius 1 is 1.04 bits per heavy atom. The van der Waals surface area contributed by atoms with Gasteiger partial charge in [-0.2, -0.15) is 0 Å². The molecule has 3 aromatic rings. The van der Waals surface area contributed by atoms with Gasteiger partial charge in [0.2, 0.25) is 5.82 Å². The molecule has 28 heavy (non-hydrogen) atoms. The second kappa shape index (κ2) is 8.84. The SMILES string of the molecule is CCCCOc1nc(-c2ccccc2)cnc1NS(=O)(=O)c1ccc(C)cc1. The lowest BCUT2D eigenvalue weighted by Gasteiger charge is -2.13. The standard InChI is InChI=1S/C21H23N3O3S/c1-3-4-14-27-21-20(22-15-19(23-21)17-8-6-5-7-9-17)24-28(25,26)18-12-10-16(2)11-13-18/h5-13,15H,3-4,14H2,1-2H3,(H,22,24). The summed E-state index contributed by atoms with van der Waals surface area (Å²) in [6, 6.07) is 16.2. The van der Waals surface area contributed by atoms with E-state index in [1.54, 1.807) is 24.3 Å². The summed E-state index contributed by atoms with van der Waals surface area (Å²) < 4.78 is 33.7. The normalized spacial score (nSPS) is 11.2. The Kier molecular flexibility index (Phi) is 6.26. The molecule has 0 spiro atoms. The van der Waals surface area contributed by atoms with Crippen LogP contribution in [0.25, 0.3) is 11.3 Å². The minimum atomic E-state index is -3.79. The summed E-state index contributed by atoms with van der Waals surface area (Å²) in [5, 5.41) is 0. The molecular weight excluding hydrogens is 374 g/mol. The van der Waals surface area contributed by atoms with Crippen molar-refractivity contribution in [3.05, 3.63) is 66.4 Å². The van der Waals surface area contributed by atoms with Gasteiger partial charge in [-0.25, -0.2) is 18.4 Å². The van der Waals surface area contributed by atoms with E-state index in [0.717, 1.165) is 24.0 Å². The average Bonchev–Trinajstić information content (AvgIpc) is 2.70. The Hall–Kier alpha value is -2.93. The van der Waals surface area contributed by atoms with E-state index in [9.17, 15) is 8.42 Å². The second-order valence-corrected chi connectivity index (χ2v) is 8.08. The largest absolute Gasteiger partial charge is 0.475 e. The number of aryl methyl sites for hydroxylation is 1. The van der Waals surface area contributed by atoms with Gasteiger partial charge in [0, 0.05) is 5.56 Å². The van der Waals surface area contributed by atoms with Crippen LogP contribution >= 0.6 is 0 Å². The molecule has 146 valence electrons. The molecule has 0 aliphatic rings. The molecule has 1 aromatic heterocycles. The predicted octanol–water partition coefficient (Wildman–Crippen LogP) is 4.43. The van der Waals surface area contributed by atoms with Gasteiger partial charge >= 0.3 is 0 Å². The van der Waals surface area contributed by atoms with E-state index >= 15 is 0 Å². The highest BCUT2D eigenvalue weighted by Gasteiger charge is 2.19. The van der Waals surface area contributed by atoms with Crippen molar-refractivity contribution in [3.8, 4) is 17.1 Å². The van der Waals surface area contributed by atoms with Gasteiger partial charge in [0.05, 0.1) is 23.4 Å². The van der Waals surface area contributed by atoms with Gasteiger partial charge < -0.3 is 4.74 Å². The zero-order valence-corrected chi connectivity index (χ0v) is 16.7. The number of aromatic nitrogens is 2. The van der Waals surface area contributed by atoms with E-state index in [-0.39, 0.29) is 16.6 Å². The van der Waals surface area contributed by atoms with E-state index in [1.807, 2.05) is 37.3 Å². The molecule has 0 aliphatic carbocycles. The highest BCUT2D eigenvalue weighted by Crippen LogP contribution is 2.27. The molecule has 0 amide bonds. The van der Waals surface area contributed by atoms with Gasteiger partial charge in [-0.3, -0.25) is 4.72 Å². The number of nitrogens with one attached hydrogen (secondary N) is 1. The number of hydrogen-bond donors (Lipinski definition) is 1. The molecule has 0 aliphatic heterocycles. The summed E-state index contributed by atoms with van der Waals surface area (Å²) in [5.41, 5.74) is 2.48. The fraction of sp³-hybridized carbons (Fsp3) is 0.238. The van der Waals surface area contributed by atoms with E-state index < -0.39 is 10.0 Å². The summed E-state index contributed by atoms with van der Waals surface area (Å²) in [4.78, 5) is 8.94. The molecule has 0 saturated carbocycles. The van der Waals surface area contributed by atoms with E-state index in [1.165, 1.54) is 6.20 Å². The maximum Gasteiger partial charge on any atom is 0.263 e. The fourth-order valence-electron chi connectivity index (χ4n) is 2.51. The van der Waals surface area contributed by atoms with Crippen molar-refractivity contribution in [2.24, 2.45) is 0 Å². The monoisotopic (exact) mass is 397 g/mol. The van der Waals surface area contributed by atoms with E-state index in [2.05, 4.69) is 21.6 Å². The van der Waals surface area contributed by atoms with Crippen molar-refractivity contribution in [1.29, 1.82) is 0 Å². The van der Waals surface area contributed by atoms with Crippen LogP contribution in [0.4, 0.5) is 5.82 Å². The zero-order valence-electron chi connectivity index (χ0n) is 15.9. The number of benzene rings is 2. The number of ether oxygens (including phenoxy) is 1. The number of anilines is 1. The number of hydrogen-bond acceptors (Lipinski definition) is 5. The number of sulfonamides is 1. The Bertz CT molecular complexity index is 1020. The average molecular weight is 398 g/mol. The van der Waals surface area contributed by atoms with Gasteiger partial charge in [0.25, 0.3) is 15.9 Å². The van der Waals surface area contributed by atoms with Gasteiger partial charge in [0.1, 0.15) is 0 Å². The van der Waals surface area contributed by atoms with Crippen molar-refractivity contribution in [1.82, 2.24) is 9.97 Å². The fourth-order valence-corrected chi connectivity index (χ4v) is 3.51. The summed E-state index contributed by atoms with van der Waals surface area (Å²) in [6.45, 7) is 4.39. The third kappa shape index (κ3) is 4.86. The number of rotatable bonds is 8. The molecule has 0 saturated heterocycles. The molecule has 0 fully saturated rings. The van der Waals surface area contributed by atoms with Crippen LogP contribution in [0, 0.1) is 6.92 Å². The lowest BCUT2D eigenvalue weighted by Crippen LogP contribution is -2.16. The highest BCUT2D eigenvalue weighted by molar-refractivity contribution is 7.92. The Labute approximate surface area is 165 Å². The topological polar surface area (TPSA) is 81.2 Å². The van der Waals surface area contributed by atoms with Crippen LogP contribution < -0.4 is 9.46 Å². The first-order chi connectivity index (χ1) is 13.5. The summed E-state index contributed by atoms with van der Waals surface area (Å²) in [6.07, 6.45) is 3.33. The third-order valence-electron chi connectivity index (χ3n) is 4.11. The minimum absolute atomic E-state index is 0.0800. The smallest absolute Gasteiger partial charge is 0.263 e. The van der Waals surface area contributed by atoms with E-state index in [0.29, 0.717) is 12.3 Å². The molecular formula is C21H23N3O3S. The van der Waals surface area contributed by atoms with Crippen LogP contribution in [-0.2, 0) is 10.0 Å². The Morgan fingerprint density at radius 3 is 2.43 bits per heavy atom. The molecule has 1 heterocycles. The van der Waals surface area contributed by atoms with E-state index in [4.69, 9.17) is 4.74 Å². The molecule has 0 atom stereocenters. The summed E-state index contributed by atoms with van der Waals surface area (Å²) in [5.74, 6) is 0.252. The molecule has 6 nitrogen and oxygen atoms in total. The second-order valence-electron chi connectivity index (χ2n) is 6.40. The lowest BCUT2D eigenvalue weighted by atomic mass is 10.2. The van der Waals surface area contributed by atoms with Crippen molar-refractivity contribution in [3.63, 3.8) is 0 Å². The molecule has 0 unspecified atom stereocenters. The first-order valence-corrected chi connectivity index (χ1v) is 10.6. The first kappa shape index (κ1) is 19.8. The minimum Gasteiger partial charge on any atom is -0.475 e. The van der Waals surface area contributed by atoms with Gasteiger partial charge in [-0.05, 0) is 25.5 Å². The van der Waals surface area contributed by atoms with Crippen LogP contribution in [0.15, 0.2) is 65.7 Å².